The quantitative estimate of drug-likeness (QED) is 0.820. The first-order valence-corrected chi connectivity index (χ1v) is 5.91. The average molecular weight is 226 g/mol. The zero-order chi connectivity index (χ0) is 11.4. The van der Waals surface area contributed by atoms with Crippen LogP contribution in [0.2, 0.25) is 0 Å². The Labute approximate surface area is 94.7 Å². The van der Waals surface area contributed by atoms with E-state index in [0.29, 0.717) is 6.54 Å². The maximum atomic E-state index is 11.5. The van der Waals surface area contributed by atoms with Gasteiger partial charge in [0.2, 0.25) is 5.91 Å². The van der Waals surface area contributed by atoms with Crippen LogP contribution in [0.3, 0.4) is 0 Å². The van der Waals surface area contributed by atoms with Gasteiger partial charge in [-0.1, -0.05) is 13.8 Å². The largest absolute Gasteiger partial charge is 0.350 e. The van der Waals surface area contributed by atoms with Crippen LogP contribution in [0.5, 0.6) is 0 Å². The summed E-state index contributed by atoms with van der Waals surface area (Å²) in [5, 5.41) is 2.84. The fraction of sp³-hybridized carbons (Fsp3) is 0.545. The van der Waals surface area contributed by atoms with Crippen molar-refractivity contribution in [2.24, 2.45) is 11.7 Å². The summed E-state index contributed by atoms with van der Waals surface area (Å²) in [7, 11) is 0. The second-order valence-electron chi connectivity index (χ2n) is 4.00. The molecule has 3 N–H and O–H groups in total. The molecule has 0 radical (unpaired) electrons. The molecule has 0 saturated carbocycles. The minimum absolute atomic E-state index is 0.0731. The van der Waals surface area contributed by atoms with Crippen LogP contribution >= 0.6 is 11.3 Å². The van der Waals surface area contributed by atoms with Gasteiger partial charge in [0.1, 0.15) is 0 Å². The van der Waals surface area contributed by atoms with Crippen molar-refractivity contribution >= 4 is 17.2 Å². The highest BCUT2D eigenvalue weighted by Crippen LogP contribution is 2.14. The average Bonchev–Trinajstić information content (AvgIpc) is 2.59. The van der Waals surface area contributed by atoms with Gasteiger partial charge in [0.05, 0.1) is 12.6 Å². The molecule has 1 atom stereocenters. The highest BCUT2D eigenvalue weighted by Gasteiger charge is 2.16. The van der Waals surface area contributed by atoms with E-state index < -0.39 is 6.04 Å². The van der Waals surface area contributed by atoms with Crippen LogP contribution < -0.4 is 11.1 Å². The molecule has 0 aliphatic heterocycles. The SMILES string of the molecule is Cc1ccc(CNC(=O)[C@@H](N)C(C)C)s1. The molecule has 0 aliphatic carbocycles. The van der Waals surface area contributed by atoms with Crippen LogP contribution in [0.15, 0.2) is 12.1 Å². The molecular weight excluding hydrogens is 208 g/mol. The Kier molecular flexibility index (Phi) is 4.29. The summed E-state index contributed by atoms with van der Waals surface area (Å²) in [4.78, 5) is 14.0. The molecule has 4 heteroatoms. The third kappa shape index (κ3) is 3.64. The van der Waals surface area contributed by atoms with E-state index in [1.165, 1.54) is 4.88 Å². The second-order valence-corrected chi connectivity index (χ2v) is 5.37. The van der Waals surface area contributed by atoms with Gasteiger partial charge in [0, 0.05) is 9.75 Å². The molecular formula is C11H18N2OS. The van der Waals surface area contributed by atoms with Crippen LogP contribution in [-0.4, -0.2) is 11.9 Å². The monoisotopic (exact) mass is 226 g/mol. The number of carbonyl (C=O) groups excluding carboxylic acids is 1. The van der Waals surface area contributed by atoms with Gasteiger partial charge in [-0.3, -0.25) is 4.79 Å². The maximum absolute atomic E-state index is 11.5. The van der Waals surface area contributed by atoms with Gasteiger partial charge >= 0.3 is 0 Å². The van der Waals surface area contributed by atoms with Crippen LogP contribution in [0.4, 0.5) is 0 Å². The number of aryl methyl sites for hydroxylation is 1. The number of nitrogens with two attached hydrogens (primary N) is 1. The summed E-state index contributed by atoms with van der Waals surface area (Å²) in [5.74, 6) is 0.103. The smallest absolute Gasteiger partial charge is 0.237 e. The van der Waals surface area contributed by atoms with E-state index in [2.05, 4.69) is 18.3 Å². The standard InChI is InChI=1S/C11H18N2OS/c1-7(2)10(12)11(14)13-6-9-5-4-8(3)15-9/h4-5,7,10H,6,12H2,1-3H3,(H,13,14)/t10-/m0/s1. The van der Waals surface area contributed by atoms with E-state index in [9.17, 15) is 4.79 Å². The van der Waals surface area contributed by atoms with E-state index >= 15 is 0 Å². The Morgan fingerprint density at radius 1 is 1.53 bits per heavy atom. The molecule has 1 rings (SSSR count). The Hall–Kier alpha value is -0.870. The Morgan fingerprint density at radius 2 is 2.20 bits per heavy atom. The third-order valence-corrected chi connectivity index (χ3v) is 3.25. The molecule has 0 bridgehead atoms. The predicted octanol–water partition coefficient (Wildman–Crippen LogP) is 1.66. The van der Waals surface area contributed by atoms with Crippen LogP contribution in [-0.2, 0) is 11.3 Å². The fourth-order valence-corrected chi connectivity index (χ4v) is 2.01. The Morgan fingerprint density at radius 3 is 2.67 bits per heavy atom. The summed E-state index contributed by atoms with van der Waals surface area (Å²) in [6.07, 6.45) is 0. The van der Waals surface area contributed by atoms with Crippen molar-refractivity contribution in [3.8, 4) is 0 Å². The molecule has 1 amide bonds. The topological polar surface area (TPSA) is 55.1 Å². The van der Waals surface area contributed by atoms with Crippen molar-refractivity contribution in [2.45, 2.75) is 33.4 Å². The van der Waals surface area contributed by atoms with Crippen LogP contribution in [0.25, 0.3) is 0 Å². The number of carbonyl (C=O) groups is 1. The highest BCUT2D eigenvalue weighted by molar-refractivity contribution is 7.11. The van der Waals surface area contributed by atoms with Crippen molar-refractivity contribution in [1.29, 1.82) is 0 Å². The highest BCUT2D eigenvalue weighted by atomic mass is 32.1. The van der Waals surface area contributed by atoms with Gasteiger partial charge in [0.25, 0.3) is 0 Å². The molecule has 1 aromatic rings. The van der Waals surface area contributed by atoms with Crippen LogP contribution in [0.1, 0.15) is 23.6 Å². The summed E-state index contributed by atoms with van der Waals surface area (Å²) in [5.41, 5.74) is 5.72. The van der Waals surface area contributed by atoms with Gasteiger partial charge in [0.15, 0.2) is 0 Å². The second kappa shape index (κ2) is 5.28. The fourth-order valence-electron chi connectivity index (χ4n) is 1.17. The molecule has 0 unspecified atom stereocenters. The van der Waals surface area contributed by atoms with E-state index in [1.807, 2.05) is 19.9 Å². The van der Waals surface area contributed by atoms with Crippen molar-refractivity contribution in [3.05, 3.63) is 21.9 Å². The van der Waals surface area contributed by atoms with E-state index in [-0.39, 0.29) is 11.8 Å². The minimum Gasteiger partial charge on any atom is -0.350 e. The summed E-state index contributed by atoms with van der Waals surface area (Å²) >= 11 is 1.69. The molecule has 0 saturated heterocycles. The summed E-state index contributed by atoms with van der Waals surface area (Å²) in [6.45, 7) is 6.52. The normalized spacial score (nSPS) is 12.9. The van der Waals surface area contributed by atoms with Gasteiger partial charge < -0.3 is 11.1 Å². The van der Waals surface area contributed by atoms with Gasteiger partial charge in [-0.25, -0.2) is 0 Å². The number of thiophene rings is 1. The molecule has 0 aromatic carbocycles. The lowest BCUT2D eigenvalue weighted by molar-refractivity contribution is -0.123. The van der Waals surface area contributed by atoms with Gasteiger partial charge in [-0.2, -0.15) is 0 Å². The molecule has 15 heavy (non-hydrogen) atoms. The molecule has 84 valence electrons. The first kappa shape index (κ1) is 12.2. The molecule has 3 nitrogen and oxygen atoms in total. The lowest BCUT2D eigenvalue weighted by atomic mass is 10.1. The molecule has 0 spiro atoms. The van der Waals surface area contributed by atoms with Crippen molar-refractivity contribution in [2.75, 3.05) is 0 Å². The van der Waals surface area contributed by atoms with Gasteiger partial charge in [-0.15, -0.1) is 11.3 Å². The first-order valence-electron chi connectivity index (χ1n) is 5.09. The first-order chi connectivity index (χ1) is 7.00. The number of hydrogen-bond acceptors (Lipinski definition) is 3. The summed E-state index contributed by atoms with van der Waals surface area (Å²) in [6, 6.07) is 3.67. The van der Waals surface area contributed by atoms with E-state index in [4.69, 9.17) is 5.73 Å². The lowest BCUT2D eigenvalue weighted by Gasteiger charge is -2.14. The number of rotatable bonds is 4. The molecule has 1 heterocycles. The van der Waals surface area contributed by atoms with E-state index in [0.717, 1.165) is 4.88 Å². The molecule has 0 aliphatic rings. The zero-order valence-corrected chi connectivity index (χ0v) is 10.2. The Balaban J connectivity index is 2.40. The Bertz CT molecular complexity index is 333. The van der Waals surface area contributed by atoms with Gasteiger partial charge in [-0.05, 0) is 25.0 Å². The minimum atomic E-state index is -0.411. The predicted molar refractivity (Wildman–Crippen MR) is 63.7 cm³/mol. The van der Waals surface area contributed by atoms with E-state index in [1.54, 1.807) is 11.3 Å². The zero-order valence-electron chi connectivity index (χ0n) is 9.41. The van der Waals surface area contributed by atoms with Crippen LogP contribution in [0, 0.1) is 12.8 Å². The van der Waals surface area contributed by atoms with Crippen molar-refractivity contribution in [1.82, 2.24) is 5.32 Å². The van der Waals surface area contributed by atoms with Crippen molar-refractivity contribution in [3.63, 3.8) is 0 Å². The summed E-state index contributed by atoms with van der Waals surface area (Å²) < 4.78 is 0. The number of hydrogen-bond donors (Lipinski definition) is 2. The molecule has 1 aromatic heterocycles. The van der Waals surface area contributed by atoms with Crippen molar-refractivity contribution < 1.29 is 4.79 Å². The number of nitrogens with one attached hydrogen (secondary N) is 1. The third-order valence-electron chi connectivity index (χ3n) is 2.25. The lowest BCUT2D eigenvalue weighted by Crippen LogP contribution is -2.43. The maximum Gasteiger partial charge on any atom is 0.237 e. The number of amides is 1. The molecule has 0 fully saturated rings.